The molecule has 0 aliphatic heterocycles. The Balaban J connectivity index is 3.34. The van der Waals surface area contributed by atoms with E-state index in [9.17, 15) is 13.2 Å². The van der Waals surface area contributed by atoms with E-state index in [0.717, 1.165) is 0 Å². The van der Waals surface area contributed by atoms with Crippen molar-refractivity contribution in [3.05, 3.63) is 23.8 Å². The van der Waals surface area contributed by atoms with Gasteiger partial charge in [0.1, 0.15) is 10.5 Å². The number of primary sulfonamides is 1. The maximum atomic E-state index is 12.0. The minimum absolute atomic E-state index is 0.129. The quantitative estimate of drug-likeness (QED) is 0.817. The van der Waals surface area contributed by atoms with Crippen LogP contribution < -0.4 is 10.5 Å². The molecular weight excluding hydrogens is 268 g/mol. The van der Waals surface area contributed by atoms with E-state index in [0.29, 0.717) is 0 Å². The molecule has 6 nitrogen and oxygen atoms in total. The van der Waals surface area contributed by atoms with Gasteiger partial charge in [-0.25, -0.2) is 18.4 Å². The predicted octanol–water partition coefficient (Wildman–Crippen LogP) is 1.33. The zero-order valence-electron chi connectivity index (χ0n) is 11.4. The normalized spacial score (nSPS) is 12.1. The van der Waals surface area contributed by atoms with Gasteiger partial charge < -0.3 is 10.1 Å². The Labute approximate surface area is 113 Å². The topological polar surface area (TPSA) is 98.5 Å². The van der Waals surface area contributed by atoms with Gasteiger partial charge in [-0.05, 0) is 32.9 Å². The van der Waals surface area contributed by atoms with Gasteiger partial charge in [-0.3, -0.25) is 0 Å². The number of nitrogens with one attached hydrogen (secondary N) is 1. The smallest absolute Gasteiger partial charge is 0.340 e. The second-order valence-electron chi connectivity index (χ2n) is 4.98. The Morgan fingerprint density at radius 3 is 2.32 bits per heavy atom. The molecular formula is C12H18N2O4S. The fourth-order valence-corrected chi connectivity index (χ4v) is 2.29. The van der Waals surface area contributed by atoms with Gasteiger partial charge in [-0.1, -0.05) is 6.07 Å². The van der Waals surface area contributed by atoms with Crippen molar-refractivity contribution in [3.8, 4) is 0 Å². The number of nitrogens with two attached hydrogens (primary N) is 1. The van der Waals surface area contributed by atoms with Gasteiger partial charge in [-0.15, -0.1) is 0 Å². The van der Waals surface area contributed by atoms with Crippen LogP contribution in [0.3, 0.4) is 0 Å². The van der Waals surface area contributed by atoms with E-state index in [2.05, 4.69) is 5.32 Å². The summed E-state index contributed by atoms with van der Waals surface area (Å²) in [6.07, 6.45) is 0. The summed E-state index contributed by atoms with van der Waals surface area (Å²) in [7, 11) is -2.40. The molecule has 0 spiro atoms. The van der Waals surface area contributed by atoms with Crippen LogP contribution in [0.4, 0.5) is 5.69 Å². The Kier molecular flexibility index (Phi) is 4.21. The van der Waals surface area contributed by atoms with Crippen molar-refractivity contribution >= 4 is 21.7 Å². The minimum atomic E-state index is -3.92. The summed E-state index contributed by atoms with van der Waals surface area (Å²) in [6.45, 7) is 5.19. The number of para-hydroxylation sites is 1. The molecule has 0 saturated carbocycles. The molecule has 0 unspecified atom stereocenters. The molecule has 0 saturated heterocycles. The first-order valence-electron chi connectivity index (χ1n) is 5.63. The van der Waals surface area contributed by atoms with E-state index in [1.807, 2.05) is 0 Å². The van der Waals surface area contributed by atoms with Crippen molar-refractivity contribution in [2.24, 2.45) is 5.14 Å². The van der Waals surface area contributed by atoms with E-state index in [4.69, 9.17) is 9.88 Å². The SMILES string of the molecule is CNc1c(C(=O)OC(C)(C)C)cccc1S(N)(=O)=O. The fraction of sp³-hybridized carbons (Fsp3) is 0.417. The second kappa shape index (κ2) is 5.18. The summed E-state index contributed by atoms with van der Waals surface area (Å²) in [6, 6.07) is 4.25. The zero-order valence-corrected chi connectivity index (χ0v) is 12.2. The maximum absolute atomic E-state index is 12.0. The Morgan fingerprint density at radius 1 is 1.32 bits per heavy atom. The fourth-order valence-electron chi connectivity index (χ4n) is 1.53. The van der Waals surface area contributed by atoms with Crippen LogP contribution in [0.15, 0.2) is 23.1 Å². The van der Waals surface area contributed by atoms with Gasteiger partial charge in [0.2, 0.25) is 10.0 Å². The summed E-state index contributed by atoms with van der Waals surface area (Å²) in [4.78, 5) is 11.9. The lowest BCUT2D eigenvalue weighted by molar-refractivity contribution is 0.00705. The molecule has 0 fully saturated rings. The standard InChI is InChI=1S/C12H18N2O4S/c1-12(2,3)18-11(15)8-6-5-7-9(10(8)14-4)19(13,16)17/h5-7,14H,1-4H3,(H2,13,16,17). The highest BCUT2D eigenvalue weighted by molar-refractivity contribution is 7.89. The van der Waals surface area contributed by atoms with Crippen LogP contribution in [0, 0.1) is 0 Å². The van der Waals surface area contributed by atoms with E-state index in [-0.39, 0.29) is 16.1 Å². The van der Waals surface area contributed by atoms with Crippen LogP contribution in [0.5, 0.6) is 0 Å². The zero-order chi connectivity index (χ0) is 14.8. The highest BCUT2D eigenvalue weighted by atomic mass is 32.2. The van der Waals surface area contributed by atoms with Crippen molar-refractivity contribution in [1.29, 1.82) is 0 Å². The van der Waals surface area contributed by atoms with Gasteiger partial charge in [0.25, 0.3) is 0 Å². The average molecular weight is 286 g/mol. The van der Waals surface area contributed by atoms with Crippen LogP contribution in [-0.2, 0) is 14.8 Å². The van der Waals surface area contributed by atoms with Crippen molar-refractivity contribution in [2.45, 2.75) is 31.3 Å². The molecule has 0 aliphatic carbocycles. The molecule has 0 bridgehead atoms. The lowest BCUT2D eigenvalue weighted by Gasteiger charge is -2.21. The number of benzene rings is 1. The average Bonchev–Trinajstić information content (AvgIpc) is 2.24. The molecule has 106 valence electrons. The summed E-state index contributed by atoms with van der Waals surface area (Å²) in [5.41, 5.74) is -0.400. The third kappa shape index (κ3) is 3.93. The van der Waals surface area contributed by atoms with Crippen LogP contribution in [-0.4, -0.2) is 27.0 Å². The lowest BCUT2D eigenvalue weighted by atomic mass is 10.1. The number of esters is 1. The molecule has 0 atom stereocenters. The largest absolute Gasteiger partial charge is 0.456 e. The molecule has 3 N–H and O–H groups in total. The predicted molar refractivity (Wildman–Crippen MR) is 72.5 cm³/mol. The van der Waals surface area contributed by atoms with Crippen LogP contribution >= 0.6 is 0 Å². The highest BCUT2D eigenvalue weighted by Crippen LogP contribution is 2.26. The molecule has 7 heteroatoms. The number of sulfonamides is 1. The van der Waals surface area contributed by atoms with E-state index < -0.39 is 21.6 Å². The van der Waals surface area contributed by atoms with Crippen molar-refractivity contribution in [2.75, 3.05) is 12.4 Å². The first-order valence-corrected chi connectivity index (χ1v) is 7.18. The number of rotatable bonds is 3. The molecule has 19 heavy (non-hydrogen) atoms. The summed E-state index contributed by atoms with van der Waals surface area (Å²) < 4.78 is 28.1. The molecule has 0 amide bonds. The van der Waals surface area contributed by atoms with Gasteiger partial charge in [0.05, 0.1) is 11.3 Å². The van der Waals surface area contributed by atoms with Crippen molar-refractivity contribution < 1.29 is 17.9 Å². The van der Waals surface area contributed by atoms with Crippen LogP contribution in [0.1, 0.15) is 31.1 Å². The van der Waals surface area contributed by atoms with Crippen LogP contribution in [0.2, 0.25) is 0 Å². The molecule has 1 aromatic rings. The van der Waals surface area contributed by atoms with E-state index in [1.165, 1.54) is 25.2 Å². The molecule has 0 heterocycles. The Morgan fingerprint density at radius 2 is 1.89 bits per heavy atom. The Bertz CT molecular complexity index is 588. The minimum Gasteiger partial charge on any atom is -0.456 e. The molecule has 0 aliphatic rings. The van der Waals surface area contributed by atoms with Crippen molar-refractivity contribution in [3.63, 3.8) is 0 Å². The summed E-state index contributed by atoms with van der Waals surface area (Å²) in [5.74, 6) is -0.609. The number of ether oxygens (including phenoxy) is 1. The lowest BCUT2D eigenvalue weighted by Crippen LogP contribution is -2.25. The van der Waals surface area contributed by atoms with Crippen LogP contribution in [0.25, 0.3) is 0 Å². The molecule has 0 radical (unpaired) electrons. The number of carbonyl (C=O) groups is 1. The van der Waals surface area contributed by atoms with Gasteiger partial charge in [0, 0.05) is 7.05 Å². The number of carbonyl (C=O) groups excluding carboxylic acids is 1. The number of anilines is 1. The van der Waals surface area contributed by atoms with E-state index in [1.54, 1.807) is 20.8 Å². The second-order valence-corrected chi connectivity index (χ2v) is 6.51. The van der Waals surface area contributed by atoms with E-state index >= 15 is 0 Å². The maximum Gasteiger partial charge on any atom is 0.340 e. The highest BCUT2D eigenvalue weighted by Gasteiger charge is 2.24. The van der Waals surface area contributed by atoms with Gasteiger partial charge in [0.15, 0.2) is 0 Å². The summed E-state index contributed by atoms with van der Waals surface area (Å²) >= 11 is 0. The monoisotopic (exact) mass is 286 g/mol. The summed E-state index contributed by atoms with van der Waals surface area (Å²) in [5, 5.41) is 7.79. The third-order valence-corrected chi connectivity index (χ3v) is 3.15. The number of hydrogen-bond donors (Lipinski definition) is 2. The first-order chi connectivity index (χ1) is 8.56. The van der Waals surface area contributed by atoms with Gasteiger partial charge >= 0.3 is 5.97 Å². The third-order valence-electron chi connectivity index (χ3n) is 2.20. The number of hydrogen-bond acceptors (Lipinski definition) is 5. The van der Waals surface area contributed by atoms with Crippen molar-refractivity contribution in [1.82, 2.24) is 0 Å². The molecule has 1 rings (SSSR count). The molecule has 1 aromatic carbocycles. The molecule has 0 aromatic heterocycles. The van der Waals surface area contributed by atoms with Gasteiger partial charge in [-0.2, -0.15) is 0 Å². The first kappa shape index (κ1) is 15.5. The Hall–Kier alpha value is -1.60.